The minimum atomic E-state index is -0.0806. The summed E-state index contributed by atoms with van der Waals surface area (Å²) < 4.78 is 1.15. The minimum Gasteiger partial charge on any atom is -0.309 e. The molecule has 0 atom stereocenters. The Balaban J connectivity index is 1.80. The fraction of sp³-hybridized carbons (Fsp3) is 0.227. The molecule has 138 valence electrons. The van der Waals surface area contributed by atoms with Gasteiger partial charge in [-0.1, -0.05) is 56.3 Å². The molecule has 0 spiro atoms. The number of nitrogens with one attached hydrogen (secondary N) is 1. The van der Waals surface area contributed by atoms with Crippen molar-refractivity contribution in [1.29, 1.82) is 0 Å². The van der Waals surface area contributed by atoms with E-state index in [0.29, 0.717) is 18.2 Å². The molecule has 2 aromatic carbocycles. The highest BCUT2D eigenvalue weighted by molar-refractivity contribution is 14.1. The lowest BCUT2D eigenvalue weighted by atomic mass is 10.1. The number of hydrogen-bond donors (Lipinski definition) is 1. The summed E-state index contributed by atoms with van der Waals surface area (Å²) >= 11 is 2.25. The van der Waals surface area contributed by atoms with Crippen molar-refractivity contribution in [2.45, 2.75) is 26.7 Å². The van der Waals surface area contributed by atoms with Crippen molar-refractivity contribution in [3.05, 3.63) is 75.6 Å². The summed E-state index contributed by atoms with van der Waals surface area (Å²) in [6.07, 6.45) is 2.80. The molecule has 0 saturated heterocycles. The zero-order chi connectivity index (χ0) is 19.2. The van der Waals surface area contributed by atoms with Crippen molar-refractivity contribution in [3.63, 3.8) is 0 Å². The second-order valence-electron chi connectivity index (χ2n) is 6.87. The fourth-order valence-electron chi connectivity index (χ4n) is 2.77. The van der Waals surface area contributed by atoms with E-state index in [9.17, 15) is 4.79 Å². The SMILES string of the molecule is CC(C)Cc1nc(-c2ccccc2)cnc1NC(=O)Cc1ccc(I)cc1. The number of amides is 1. The third kappa shape index (κ3) is 5.60. The van der Waals surface area contributed by atoms with Crippen LogP contribution in [0.25, 0.3) is 11.3 Å². The summed E-state index contributed by atoms with van der Waals surface area (Å²) in [5.41, 5.74) is 3.64. The number of benzene rings is 2. The maximum absolute atomic E-state index is 12.5. The first-order chi connectivity index (χ1) is 13.0. The van der Waals surface area contributed by atoms with Gasteiger partial charge in [0, 0.05) is 9.13 Å². The van der Waals surface area contributed by atoms with Gasteiger partial charge in [-0.15, -0.1) is 0 Å². The van der Waals surface area contributed by atoms with E-state index in [-0.39, 0.29) is 5.91 Å². The second kappa shape index (κ2) is 9.08. The second-order valence-corrected chi connectivity index (χ2v) is 8.11. The molecule has 4 nitrogen and oxygen atoms in total. The van der Waals surface area contributed by atoms with Crippen molar-refractivity contribution in [1.82, 2.24) is 9.97 Å². The number of carbonyl (C=O) groups excluding carboxylic acids is 1. The van der Waals surface area contributed by atoms with Gasteiger partial charge in [0.25, 0.3) is 0 Å². The summed E-state index contributed by atoms with van der Waals surface area (Å²) in [6, 6.07) is 17.9. The highest BCUT2D eigenvalue weighted by Gasteiger charge is 2.14. The molecule has 0 aliphatic rings. The van der Waals surface area contributed by atoms with Gasteiger partial charge in [0.15, 0.2) is 5.82 Å². The van der Waals surface area contributed by atoms with Crippen molar-refractivity contribution < 1.29 is 4.79 Å². The first-order valence-corrected chi connectivity index (χ1v) is 10.0. The van der Waals surface area contributed by atoms with Gasteiger partial charge >= 0.3 is 0 Å². The Kier molecular flexibility index (Phi) is 6.55. The number of hydrogen-bond acceptors (Lipinski definition) is 3. The first-order valence-electron chi connectivity index (χ1n) is 8.97. The van der Waals surface area contributed by atoms with Crippen LogP contribution in [0.1, 0.15) is 25.1 Å². The van der Waals surface area contributed by atoms with Crippen LogP contribution >= 0.6 is 22.6 Å². The number of halogens is 1. The van der Waals surface area contributed by atoms with Crippen LogP contribution < -0.4 is 5.32 Å². The van der Waals surface area contributed by atoms with Crippen LogP contribution in [0.5, 0.6) is 0 Å². The topological polar surface area (TPSA) is 54.9 Å². The predicted molar refractivity (Wildman–Crippen MR) is 118 cm³/mol. The van der Waals surface area contributed by atoms with Crippen molar-refractivity contribution >= 4 is 34.3 Å². The maximum Gasteiger partial charge on any atom is 0.229 e. The molecule has 3 aromatic rings. The number of carbonyl (C=O) groups is 1. The fourth-order valence-corrected chi connectivity index (χ4v) is 3.13. The van der Waals surface area contributed by atoms with Gasteiger partial charge in [-0.2, -0.15) is 0 Å². The lowest BCUT2D eigenvalue weighted by molar-refractivity contribution is -0.115. The Morgan fingerprint density at radius 3 is 2.44 bits per heavy atom. The molecular weight excluding hydrogens is 449 g/mol. The van der Waals surface area contributed by atoms with Crippen LogP contribution in [0.15, 0.2) is 60.8 Å². The lowest BCUT2D eigenvalue weighted by Gasteiger charge is -2.13. The van der Waals surface area contributed by atoms with E-state index in [4.69, 9.17) is 4.98 Å². The van der Waals surface area contributed by atoms with Crippen LogP contribution in [0.4, 0.5) is 5.82 Å². The Bertz CT molecular complexity index is 909. The molecule has 27 heavy (non-hydrogen) atoms. The normalized spacial score (nSPS) is 10.8. The highest BCUT2D eigenvalue weighted by Crippen LogP contribution is 2.21. The average Bonchev–Trinajstić information content (AvgIpc) is 2.65. The van der Waals surface area contributed by atoms with E-state index >= 15 is 0 Å². The molecule has 1 N–H and O–H groups in total. The molecule has 0 aliphatic carbocycles. The van der Waals surface area contributed by atoms with Crippen molar-refractivity contribution in [2.75, 3.05) is 5.32 Å². The first kappa shape index (κ1) is 19.5. The van der Waals surface area contributed by atoms with Crippen LogP contribution in [-0.4, -0.2) is 15.9 Å². The lowest BCUT2D eigenvalue weighted by Crippen LogP contribution is -2.18. The molecule has 1 amide bonds. The average molecular weight is 471 g/mol. The smallest absolute Gasteiger partial charge is 0.229 e. The van der Waals surface area contributed by atoms with Crippen molar-refractivity contribution in [2.24, 2.45) is 5.92 Å². The molecule has 0 radical (unpaired) electrons. The summed E-state index contributed by atoms with van der Waals surface area (Å²) in [5.74, 6) is 0.888. The van der Waals surface area contributed by atoms with Crippen LogP contribution in [0, 0.1) is 9.49 Å². The molecule has 0 bridgehead atoms. The van der Waals surface area contributed by atoms with Gasteiger partial charge in [-0.05, 0) is 52.6 Å². The Hall–Kier alpha value is -2.28. The highest BCUT2D eigenvalue weighted by atomic mass is 127. The molecule has 1 aromatic heterocycles. The molecule has 0 aliphatic heterocycles. The third-order valence-corrected chi connectivity index (χ3v) is 4.77. The summed E-state index contributed by atoms with van der Waals surface area (Å²) in [4.78, 5) is 21.8. The number of aromatic nitrogens is 2. The van der Waals surface area contributed by atoms with E-state index in [2.05, 4.69) is 46.7 Å². The quantitative estimate of drug-likeness (QED) is 0.508. The van der Waals surface area contributed by atoms with E-state index < -0.39 is 0 Å². The van der Waals surface area contributed by atoms with Crippen molar-refractivity contribution in [3.8, 4) is 11.3 Å². The zero-order valence-corrected chi connectivity index (χ0v) is 17.6. The molecule has 0 fully saturated rings. The van der Waals surface area contributed by atoms with Gasteiger partial charge in [0.05, 0.1) is 24.0 Å². The monoisotopic (exact) mass is 471 g/mol. The molecule has 1 heterocycles. The van der Waals surface area contributed by atoms with Gasteiger partial charge in [-0.3, -0.25) is 4.79 Å². The Labute approximate surface area is 173 Å². The van der Waals surface area contributed by atoms with E-state index in [0.717, 1.165) is 32.5 Å². The van der Waals surface area contributed by atoms with Gasteiger partial charge in [-0.25, -0.2) is 9.97 Å². The molecule has 5 heteroatoms. The minimum absolute atomic E-state index is 0.0806. The van der Waals surface area contributed by atoms with Gasteiger partial charge < -0.3 is 5.32 Å². The van der Waals surface area contributed by atoms with E-state index in [1.165, 1.54) is 0 Å². The predicted octanol–water partition coefficient (Wildman–Crippen LogP) is 5.13. The molecular formula is C22H22IN3O. The number of rotatable bonds is 6. The van der Waals surface area contributed by atoms with Gasteiger partial charge in [0.2, 0.25) is 5.91 Å². The summed E-state index contributed by atoms with van der Waals surface area (Å²) in [6.45, 7) is 4.27. The Morgan fingerprint density at radius 1 is 1.07 bits per heavy atom. The van der Waals surface area contributed by atoms with E-state index in [1.54, 1.807) is 6.20 Å². The van der Waals surface area contributed by atoms with E-state index in [1.807, 2.05) is 54.6 Å². The number of anilines is 1. The maximum atomic E-state index is 12.5. The Morgan fingerprint density at radius 2 is 1.78 bits per heavy atom. The molecule has 3 rings (SSSR count). The van der Waals surface area contributed by atoms with Crippen LogP contribution in [0.3, 0.4) is 0 Å². The zero-order valence-electron chi connectivity index (χ0n) is 15.4. The molecule has 0 unspecified atom stereocenters. The summed E-state index contributed by atoms with van der Waals surface area (Å²) in [5, 5.41) is 2.94. The largest absolute Gasteiger partial charge is 0.309 e. The summed E-state index contributed by atoms with van der Waals surface area (Å²) in [7, 11) is 0. The van der Waals surface area contributed by atoms with Crippen LogP contribution in [-0.2, 0) is 17.6 Å². The van der Waals surface area contributed by atoms with Gasteiger partial charge in [0.1, 0.15) is 0 Å². The standard InChI is InChI=1S/C22H22IN3O/c1-15(2)12-19-22(24-14-20(25-19)17-6-4-3-5-7-17)26-21(27)13-16-8-10-18(23)11-9-16/h3-11,14-15H,12-13H2,1-2H3,(H,24,26,27). The third-order valence-electron chi connectivity index (χ3n) is 4.05. The van der Waals surface area contributed by atoms with Crippen LogP contribution in [0.2, 0.25) is 0 Å². The molecule has 0 saturated carbocycles. The number of nitrogens with zero attached hydrogens (tertiary/aromatic N) is 2.